The number of aromatic nitrogens is 2. The van der Waals surface area contributed by atoms with Gasteiger partial charge in [0.05, 0.1) is 28.0 Å². The largest absolute Gasteiger partial charge is 0.480 e. The number of carboxylic acid groups (broad SMARTS) is 1. The van der Waals surface area contributed by atoms with Crippen LogP contribution >= 0.6 is 23.2 Å². The molecular formula is C21H16Cl2N4O4S. The number of nitrogen functional groups attached to an aromatic ring is 1. The van der Waals surface area contributed by atoms with Gasteiger partial charge in [-0.25, -0.2) is 13.4 Å². The summed E-state index contributed by atoms with van der Waals surface area (Å²) in [6.45, 7) is -0.780. The van der Waals surface area contributed by atoms with Crippen molar-refractivity contribution in [2.45, 2.75) is 4.90 Å². The van der Waals surface area contributed by atoms with Gasteiger partial charge in [-0.2, -0.15) is 0 Å². The summed E-state index contributed by atoms with van der Waals surface area (Å²) in [7, 11) is -4.26. The van der Waals surface area contributed by atoms with E-state index in [0.717, 1.165) is 9.82 Å². The lowest BCUT2D eigenvalue weighted by molar-refractivity contribution is -0.135. The van der Waals surface area contributed by atoms with E-state index in [0.29, 0.717) is 16.9 Å². The molecule has 0 fully saturated rings. The van der Waals surface area contributed by atoms with Crippen LogP contribution in [0.5, 0.6) is 0 Å². The van der Waals surface area contributed by atoms with E-state index in [4.69, 9.17) is 28.9 Å². The number of hydrogen-bond acceptors (Lipinski definition) is 5. The van der Waals surface area contributed by atoms with Gasteiger partial charge in [-0.1, -0.05) is 23.2 Å². The predicted molar refractivity (Wildman–Crippen MR) is 124 cm³/mol. The first-order chi connectivity index (χ1) is 15.1. The van der Waals surface area contributed by atoms with Gasteiger partial charge in [0, 0.05) is 21.6 Å². The Hall–Kier alpha value is -3.27. The summed E-state index contributed by atoms with van der Waals surface area (Å²) in [5, 5.41) is 10.3. The number of nitrogens with two attached hydrogens (primary N) is 1. The minimum Gasteiger partial charge on any atom is -0.480 e. The molecule has 4 rings (SSSR count). The van der Waals surface area contributed by atoms with Gasteiger partial charge in [-0.15, -0.1) is 0 Å². The lowest BCUT2D eigenvalue weighted by Gasteiger charge is -2.23. The van der Waals surface area contributed by atoms with Crippen LogP contribution in [0, 0.1) is 0 Å². The van der Waals surface area contributed by atoms with Gasteiger partial charge in [0.15, 0.2) is 0 Å². The van der Waals surface area contributed by atoms with Crippen LogP contribution in [0.2, 0.25) is 10.0 Å². The molecule has 0 saturated carbocycles. The number of carboxylic acids is 1. The zero-order valence-electron chi connectivity index (χ0n) is 16.3. The third kappa shape index (κ3) is 4.22. The third-order valence-corrected chi connectivity index (χ3v) is 6.87. The van der Waals surface area contributed by atoms with Gasteiger partial charge in [-0.05, 0) is 54.6 Å². The van der Waals surface area contributed by atoms with E-state index in [1.165, 1.54) is 30.5 Å². The first-order valence-corrected chi connectivity index (χ1v) is 11.4. The van der Waals surface area contributed by atoms with Crippen LogP contribution in [0.25, 0.3) is 16.7 Å². The van der Waals surface area contributed by atoms with Gasteiger partial charge >= 0.3 is 5.97 Å². The number of rotatable bonds is 6. The van der Waals surface area contributed by atoms with Crippen molar-refractivity contribution in [2.75, 3.05) is 16.6 Å². The number of halogens is 2. The standard InChI is InChI=1S/C21H16Cl2N4O4S/c22-14-8-15(23)10-18(9-14)32(30,31)27(12-21(28)29)17-2-3-19-13(7-17)5-6-26(19)20-4-1-16(24)11-25-20/h1-11H,12,24H2,(H,28,29). The summed E-state index contributed by atoms with van der Waals surface area (Å²) >= 11 is 11.9. The molecule has 0 aliphatic rings. The number of hydrogen-bond donors (Lipinski definition) is 2. The van der Waals surface area contributed by atoms with Crippen molar-refractivity contribution in [3.8, 4) is 5.82 Å². The Bertz CT molecular complexity index is 1420. The van der Waals surface area contributed by atoms with Crippen molar-refractivity contribution >= 4 is 61.5 Å². The molecular weight excluding hydrogens is 475 g/mol. The highest BCUT2D eigenvalue weighted by Gasteiger charge is 2.28. The lowest BCUT2D eigenvalue weighted by atomic mass is 10.2. The fourth-order valence-electron chi connectivity index (χ4n) is 3.27. The summed E-state index contributed by atoms with van der Waals surface area (Å²) < 4.78 is 29.2. The van der Waals surface area contributed by atoms with Gasteiger partial charge in [-0.3, -0.25) is 9.10 Å². The number of nitrogens with zero attached hydrogens (tertiary/aromatic N) is 3. The molecule has 0 bridgehead atoms. The average Bonchev–Trinajstić information content (AvgIpc) is 3.15. The number of sulfonamides is 1. The van der Waals surface area contributed by atoms with E-state index >= 15 is 0 Å². The molecule has 0 spiro atoms. The second-order valence-electron chi connectivity index (χ2n) is 6.89. The Balaban J connectivity index is 1.81. The highest BCUT2D eigenvalue weighted by atomic mass is 35.5. The monoisotopic (exact) mass is 490 g/mol. The zero-order chi connectivity index (χ0) is 23.0. The van der Waals surface area contributed by atoms with E-state index in [1.807, 2.05) is 4.57 Å². The number of benzene rings is 2. The van der Waals surface area contributed by atoms with Crippen LogP contribution in [-0.4, -0.2) is 35.6 Å². The van der Waals surface area contributed by atoms with Crippen molar-refractivity contribution in [1.29, 1.82) is 0 Å². The van der Waals surface area contributed by atoms with E-state index in [-0.39, 0.29) is 20.6 Å². The molecule has 0 radical (unpaired) electrons. The lowest BCUT2D eigenvalue weighted by Crippen LogP contribution is -2.35. The quantitative estimate of drug-likeness (QED) is 0.418. The predicted octanol–water partition coefficient (Wildman–Crippen LogP) is 4.19. The number of fused-ring (bicyclic) bond motifs is 1. The molecule has 0 saturated heterocycles. The Kier molecular flexibility index (Phi) is 5.72. The molecule has 2 aromatic heterocycles. The number of anilines is 2. The van der Waals surface area contributed by atoms with Gasteiger partial charge in [0.2, 0.25) is 0 Å². The Labute approximate surface area is 193 Å². The topological polar surface area (TPSA) is 119 Å². The molecule has 0 amide bonds. The third-order valence-electron chi connectivity index (χ3n) is 4.68. The fraction of sp³-hybridized carbons (Fsp3) is 0.0476. The molecule has 164 valence electrons. The number of pyridine rings is 1. The minimum atomic E-state index is -4.26. The van der Waals surface area contributed by atoms with E-state index in [9.17, 15) is 18.3 Å². The summed E-state index contributed by atoms with van der Waals surface area (Å²) in [6, 6.07) is 13.9. The first-order valence-electron chi connectivity index (χ1n) is 9.19. The maximum atomic E-state index is 13.3. The number of aliphatic carboxylic acids is 1. The van der Waals surface area contributed by atoms with Crippen LogP contribution in [0.1, 0.15) is 0 Å². The normalized spacial score (nSPS) is 11.6. The smallest absolute Gasteiger partial charge is 0.324 e. The first kappa shape index (κ1) is 21.9. The van der Waals surface area contributed by atoms with Crippen molar-refractivity contribution < 1.29 is 18.3 Å². The molecule has 0 atom stereocenters. The number of carbonyl (C=O) groups is 1. The molecule has 32 heavy (non-hydrogen) atoms. The van der Waals surface area contributed by atoms with Crippen molar-refractivity contribution in [3.05, 3.63) is 77.0 Å². The van der Waals surface area contributed by atoms with Crippen molar-refractivity contribution in [2.24, 2.45) is 0 Å². The Morgan fingerprint density at radius 2 is 1.78 bits per heavy atom. The van der Waals surface area contributed by atoms with Gasteiger partial charge < -0.3 is 15.4 Å². The van der Waals surface area contributed by atoms with Gasteiger partial charge in [0.25, 0.3) is 10.0 Å². The Morgan fingerprint density at radius 3 is 2.41 bits per heavy atom. The second-order valence-corrected chi connectivity index (χ2v) is 9.62. The molecule has 2 heterocycles. The van der Waals surface area contributed by atoms with Crippen LogP contribution in [0.3, 0.4) is 0 Å². The zero-order valence-corrected chi connectivity index (χ0v) is 18.6. The van der Waals surface area contributed by atoms with E-state index < -0.39 is 22.5 Å². The molecule has 11 heteroatoms. The maximum absolute atomic E-state index is 13.3. The summed E-state index contributed by atoms with van der Waals surface area (Å²) in [5.74, 6) is -0.684. The van der Waals surface area contributed by atoms with E-state index in [2.05, 4.69) is 4.98 Å². The van der Waals surface area contributed by atoms with E-state index in [1.54, 1.807) is 36.5 Å². The highest BCUT2D eigenvalue weighted by Crippen LogP contribution is 2.31. The van der Waals surface area contributed by atoms with Gasteiger partial charge in [0.1, 0.15) is 12.4 Å². The summed E-state index contributed by atoms with van der Waals surface area (Å²) in [6.07, 6.45) is 3.31. The molecule has 4 aromatic rings. The molecule has 2 aromatic carbocycles. The van der Waals surface area contributed by atoms with Crippen LogP contribution in [0.15, 0.2) is 71.9 Å². The summed E-state index contributed by atoms with van der Waals surface area (Å²) in [5.41, 5.74) is 7.16. The average molecular weight is 491 g/mol. The van der Waals surface area contributed by atoms with Crippen LogP contribution in [-0.2, 0) is 14.8 Å². The Morgan fingerprint density at radius 1 is 1.06 bits per heavy atom. The molecule has 0 aliphatic heterocycles. The van der Waals surface area contributed by atoms with Crippen LogP contribution in [0.4, 0.5) is 11.4 Å². The molecule has 0 aliphatic carbocycles. The molecule has 0 unspecified atom stereocenters. The van der Waals surface area contributed by atoms with Crippen molar-refractivity contribution in [1.82, 2.24) is 9.55 Å². The fourth-order valence-corrected chi connectivity index (χ4v) is 5.40. The maximum Gasteiger partial charge on any atom is 0.324 e. The summed E-state index contributed by atoms with van der Waals surface area (Å²) in [4.78, 5) is 15.6. The minimum absolute atomic E-state index is 0.120. The second kappa shape index (κ2) is 8.34. The highest BCUT2D eigenvalue weighted by molar-refractivity contribution is 7.92. The SMILES string of the molecule is Nc1ccc(-n2ccc3cc(N(CC(=O)O)S(=O)(=O)c4cc(Cl)cc(Cl)c4)ccc32)nc1. The molecule has 3 N–H and O–H groups in total. The molecule has 8 nitrogen and oxygen atoms in total. The van der Waals surface area contributed by atoms with Crippen molar-refractivity contribution in [3.63, 3.8) is 0 Å². The van der Waals surface area contributed by atoms with Crippen LogP contribution < -0.4 is 10.0 Å².